The fourth-order valence-corrected chi connectivity index (χ4v) is 1.32. The van der Waals surface area contributed by atoms with Crippen LogP contribution in [-0.4, -0.2) is 28.6 Å². The van der Waals surface area contributed by atoms with Crippen LogP contribution in [-0.2, 0) is 9.59 Å². The molecule has 0 fully saturated rings. The van der Waals surface area contributed by atoms with Crippen molar-refractivity contribution in [1.82, 2.24) is 15.5 Å². The molecule has 1 heterocycles. The van der Waals surface area contributed by atoms with Gasteiger partial charge in [-0.15, -0.1) is 0 Å². The molecule has 0 bridgehead atoms. The third-order valence-electron chi connectivity index (χ3n) is 2.21. The van der Waals surface area contributed by atoms with Gasteiger partial charge in [-0.05, 0) is 13.3 Å². The summed E-state index contributed by atoms with van der Waals surface area (Å²) in [6.45, 7) is 2.35. The number of anilines is 1. The van der Waals surface area contributed by atoms with Crippen LogP contribution in [0.2, 0.25) is 0 Å². The van der Waals surface area contributed by atoms with Crippen molar-refractivity contribution >= 4 is 17.5 Å². The number of nitrogens with one attached hydrogen (secondary N) is 3. The summed E-state index contributed by atoms with van der Waals surface area (Å²) < 4.78 is 0. The molecule has 0 atom stereocenters. The molecule has 102 valence electrons. The number of carbonyl (C=O) groups excluding carboxylic acids is 2. The van der Waals surface area contributed by atoms with Crippen molar-refractivity contribution in [2.24, 2.45) is 0 Å². The molecule has 1 aromatic rings. The zero-order valence-corrected chi connectivity index (χ0v) is 10.8. The monoisotopic (exact) mass is 262 g/mol. The Labute approximate surface area is 112 Å². The lowest BCUT2D eigenvalue weighted by atomic mass is 10.3. The molecule has 0 aliphatic heterocycles. The Morgan fingerprint density at radius 1 is 1.42 bits per heavy atom. The van der Waals surface area contributed by atoms with Crippen molar-refractivity contribution in [2.75, 3.05) is 11.9 Å². The zero-order chi connectivity index (χ0) is 13.9. The second kappa shape index (κ2) is 8.68. The summed E-state index contributed by atoms with van der Waals surface area (Å²) in [6.07, 6.45) is 10.8. The smallest absolute Gasteiger partial charge is 0.243 e. The standard InChI is InChI=1S/C13H18N4O2/c1-2-3-4-6-12(18)14-8-5-7-13(19)17-11-9-15-16-10-11/h2-4,6,9-10H,5,7-8H2,1H3,(H,14,18)(H,15,16)(H,17,19)/b3-2+,6-4+. The first-order valence-electron chi connectivity index (χ1n) is 6.08. The highest BCUT2D eigenvalue weighted by Crippen LogP contribution is 2.02. The predicted octanol–water partition coefficient (Wildman–Crippen LogP) is 1.38. The number of hydrogen-bond donors (Lipinski definition) is 3. The Balaban J connectivity index is 2.10. The van der Waals surface area contributed by atoms with E-state index in [0.29, 0.717) is 25.1 Å². The Kier molecular flexibility index (Phi) is 6.71. The van der Waals surface area contributed by atoms with Gasteiger partial charge in [0, 0.05) is 25.2 Å². The Morgan fingerprint density at radius 3 is 2.95 bits per heavy atom. The lowest BCUT2D eigenvalue weighted by molar-refractivity contribution is -0.118. The first-order chi connectivity index (χ1) is 9.22. The minimum atomic E-state index is -0.159. The van der Waals surface area contributed by atoms with Crippen molar-refractivity contribution in [2.45, 2.75) is 19.8 Å². The summed E-state index contributed by atoms with van der Waals surface area (Å²) >= 11 is 0. The van der Waals surface area contributed by atoms with Crippen LogP contribution in [0.25, 0.3) is 0 Å². The van der Waals surface area contributed by atoms with E-state index in [2.05, 4.69) is 20.8 Å². The highest BCUT2D eigenvalue weighted by molar-refractivity contribution is 5.90. The number of hydrogen-bond acceptors (Lipinski definition) is 3. The third-order valence-corrected chi connectivity index (χ3v) is 2.21. The molecule has 0 unspecified atom stereocenters. The van der Waals surface area contributed by atoms with E-state index in [4.69, 9.17) is 0 Å². The average Bonchev–Trinajstić information content (AvgIpc) is 2.88. The van der Waals surface area contributed by atoms with E-state index in [-0.39, 0.29) is 11.8 Å². The topological polar surface area (TPSA) is 86.9 Å². The molecule has 19 heavy (non-hydrogen) atoms. The van der Waals surface area contributed by atoms with E-state index in [1.807, 2.05) is 13.0 Å². The van der Waals surface area contributed by atoms with Gasteiger partial charge in [0.05, 0.1) is 11.9 Å². The normalized spacial score (nSPS) is 11.0. The number of aromatic amines is 1. The number of nitrogens with zero attached hydrogens (tertiary/aromatic N) is 1. The minimum absolute atomic E-state index is 0.0971. The molecule has 0 aliphatic carbocycles. The van der Waals surface area contributed by atoms with Gasteiger partial charge in [0.1, 0.15) is 0 Å². The van der Waals surface area contributed by atoms with Crippen molar-refractivity contribution in [1.29, 1.82) is 0 Å². The number of rotatable bonds is 7. The van der Waals surface area contributed by atoms with Gasteiger partial charge in [0.25, 0.3) is 0 Å². The first kappa shape index (κ1) is 14.7. The minimum Gasteiger partial charge on any atom is -0.353 e. The lowest BCUT2D eigenvalue weighted by Gasteiger charge is -2.03. The van der Waals surface area contributed by atoms with Crippen LogP contribution < -0.4 is 10.6 Å². The number of amides is 2. The molecule has 6 nitrogen and oxygen atoms in total. The van der Waals surface area contributed by atoms with Gasteiger partial charge in [-0.25, -0.2) is 0 Å². The van der Waals surface area contributed by atoms with Crippen molar-refractivity contribution in [3.8, 4) is 0 Å². The maximum Gasteiger partial charge on any atom is 0.243 e. The number of carbonyl (C=O) groups is 2. The lowest BCUT2D eigenvalue weighted by Crippen LogP contribution is -2.23. The third kappa shape index (κ3) is 6.82. The second-order valence-corrected chi connectivity index (χ2v) is 3.81. The van der Waals surface area contributed by atoms with Gasteiger partial charge in [-0.2, -0.15) is 5.10 Å². The second-order valence-electron chi connectivity index (χ2n) is 3.81. The molecule has 6 heteroatoms. The van der Waals surface area contributed by atoms with E-state index < -0.39 is 0 Å². The zero-order valence-electron chi connectivity index (χ0n) is 10.8. The van der Waals surface area contributed by atoms with E-state index in [1.165, 1.54) is 12.3 Å². The maximum atomic E-state index is 11.5. The molecular formula is C13H18N4O2. The summed E-state index contributed by atoms with van der Waals surface area (Å²) in [5, 5.41) is 11.7. The predicted molar refractivity (Wildman–Crippen MR) is 73.4 cm³/mol. The molecule has 1 rings (SSSR count). The molecule has 0 saturated carbocycles. The fraction of sp³-hybridized carbons (Fsp3) is 0.308. The van der Waals surface area contributed by atoms with Crippen LogP contribution in [0.1, 0.15) is 19.8 Å². The summed E-state index contributed by atoms with van der Waals surface area (Å²) in [7, 11) is 0. The van der Waals surface area contributed by atoms with Crippen LogP contribution in [0.15, 0.2) is 36.7 Å². The molecule has 1 aromatic heterocycles. The highest BCUT2D eigenvalue weighted by atomic mass is 16.2. The van der Waals surface area contributed by atoms with E-state index in [0.717, 1.165) is 0 Å². The molecule has 2 amide bonds. The quantitative estimate of drug-likeness (QED) is 0.394. The summed E-state index contributed by atoms with van der Waals surface area (Å²) in [6, 6.07) is 0. The first-order valence-corrected chi connectivity index (χ1v) is 6.08. The molecular weight excluding hydrogens is 244 g/mol. The summed E-state index contributed by atoms with van der Waals surface area (Å²) in [4.78, 5) is 22.8. The number of H-pyrrole nitrogens is 1. The van der Waals surface area contributed by atoms with Crippen LogP contribution >= 0.6 is 0 Å². The van der Waals surface area contributed by atoms with Gasteiger partial charge < -0.3 is 10.6 Å². The maximum absolute atomic E-state index is 11.5. The average molecular weight is 262 g/mol. The Morgan fingerprint density at radius 2 is 2.26 bits per heavy atom. The van der Waals surface area contributed by atoms with Gasteiger partial charge in [-0.1, -0.05) is 18.2 Å². The molecule has 3 N–H and O–H groups in total. The molecule has 0 radical (unpaired) electrons. The SMILES string of the molecule is C/C=C/C=C/C(=O)NCCCC(=O)Nc1cn[nH]c1. The van der Waals surface area contributed by atoms with Crippen LogP contribution in [0.4, 0.5) is 5.69 Å². The summed E-state index contributed by atoms with van der Waals surface area (Å²) in [5.74, 6) is -0.256. The molecule has 0 spiro atoms. The van der Waals surface area contributed by atoms with Crippen molar-refractivity contribution in [3.05, 3.63) is 36.7 Å². The van der Waals surface area contributed by atoms with Crippen LogP contribution in [0, 0.1) is 0 Å². The molecule has 0 aliphatic rings. The van der Waals surface area contributed by atoms with E-state index in [9.17, 15) is 9.59 Å². The van der Waals surface area contributed by atoms with Crippen LogP contribution in [0.3, 0.4) is 0 Å². The van der Waals surface area contributed by atoms with Crippen molar-refractivity contribution < 1.29 is 9.59 Å². The molecule has 0 aromatic carbocycles. The van der Waals surface area contributed by atoms with E-state index in [1.54, 1.807) is 18.3 Å². The Hall–Kier alpha value is -2.37. The van der Waals surface area contributed by atoms with E-state index >= 15 is 0 Å². The molecule has 0 saturated heterocycles. The van der Waals surface area contributed by atoms with Crippen molar-refractivity contribution in [3.63, 3.8) is 0 Å². The largest absolute Gasteiger partial charge is 0.353 e. The Bertz CT molecular complexity index is 449. The highest BCUT2D eigenvalue weighted by Gasteiger charge is 2.03. The fourth-order valence-electron chi connectivity index (χ4n) is 1.32. The van der Waals surface area contributed by atoms with Gasteiger partial charge >= 0.3 is 0 Å². The summed E-state index contributed by atoms with van der Waals surface area (Å²) in [5.41, 5.74) is 0.642. The van der Waals surface area contributed by atoms with Gasteiger partial charge in [0.15, 0.2) is 0 Å². The number of aromatic nitrogens is 2. The van der Waals surface area contributed by atoms with Crippen LogP contribution in [0.5, 0.6) is 0 Å². The van der Waals surface area contributed by atoms with Gasteiger partial charge in [-0.3, -0.25) is 14.7 Å². The number of allylic oxidation sites excluding steroid dienone is 3. The van der Waals surface area contributed by atoms with Gasteiger partial charge in [0.2, 0.25) is 11.8 Å².